The Hall–Kier alpha value is -0.920. The topological polar surface area (TPSA) is 34.1 Å². The summed E-state index contributed by atoms with van der Waals surface area (Å²) >= 11 is 0. The molecule has 54 valence electrons. The van der Waals surface area contributed by atoms with Crippen molar-refractivity contribution in [3.63, 3.8) is 0 Å². The molecule has 0 aromatic rings. The van der Waals surface area contributed by atoms with Gasteiger partial charge in [0.2, 0.25) is 0 Å². The van der Waals surface area contributed by atoms with E-state index in [1.807, 2.05) is 6.92 Å². The molecule has 0 aromatic heterocycles. The minimum absolute atomic E-state index is 0.0156. The Morgan fingerprint density at radius 2 is 2.30 bits per heavy atom. The van der Waals surface area contributed by atoms with Crippen molar-refractivity contribution >= 4 is 11.6 Å². The lowest BCUT2D eigenvalue weighted by molar-refractivity contribution is -0.128. The molecule has 2 nitrogen and oxygen atoms in total. The fourth-order valence-electron chi connectivity index (χ4n) is 1.17. The molecule has 2 heteroatoms. The summed E-state index contributed by atoms with van der Waals surface area (Å²) in [6.45, 7) is 3.34. The second kappa shape index (κ2) is 2.37. The SMILES string of the molecule is CC(=O)C1CC(C)=CC1=O. The number of Topliss-reactive ketones (excluding diaryl/α,β-unsaturated/α-hetero) is 1. The summed E-state index contributed by atoms with van der Waals surface area (Å²) in [7, 11) is 0. The molecular weight excluding hydrogens is 128 g/mol. The minimum atomic E-state index is -0.361. The molecule has 0 amide bonds. The molecule has 0 spiro atoms. The minimum Gasteiger partial charge on any atom is -0.299 e. The van der Waals surface area contributed by atoms with E-state index in [1.54, 1.807) is 6.08 Å². The molecule has 0 aliphatic heterocycles. The molecule has 1 atom stereocenters. The van der Waals surface area contributed by atoms with Crippen LogP contribution in [0.1, 0.15) is 20.3 Å². The van der Waals surface area contributed by atoms with Gasteiger partial charge in [0, 0.05) is 0 Å². The second-order valence-electron chi connectivity index (χ2n) is 2.76. The van der Waals surface area contributed by atoms with E-state index >= 15 is 0 Å². The van der Waals surface area contributed by atoms with E-state index in [4.69, 9.17) is 0 Å². The maximum Gasteiger partial charge on any atom is 0.166 e. The van der Waals surface area contributed by atoms with Gasteiger partial charge >= 0.3 is 0 Å². The summed E-state index contributed by atoms with van der Waals surface area (Å²) in [5.41, 5.74) is 1.02. The van der Waals surface area contributed by atoms with Crippen molar-refractivity contribution in [2.75, 3.05) is 0 Å². The number of hydrogen-bond acceptors (Lipinski definition) is 2. The van der Waals surface area contributed by atoms with Crippen LogP contribution in [0.15, 0.2) is 11.6 Å². The maximum absolute atomic E-state index is 10.9. The van der Waals surface area contributed by atoms with E-state index in [-0.39, 0.29) is 17.5 Å². The van der Waals surface area contributed by atoms with Gasteiger partial charge in [-0.2, -0.15) is 0 Å². The van der Waals surface area contributed by atoms with Gasteiger partial charge in [0.25, 0.3) is 0 Å². The van der Waals surface area contributed by atoms with Crippen molar-refractivity contribution in [1.82, 2.24) is 0 Å². The van der Waals surface area contributed by atoms with Crippen LogP contribution in [-0.4, -0.2) is 11.6 Å². The van der Waals surface area contributed by atoms with Crippen LogP contribution in [0.3, 0.4) is 0 Å². The van der Waals surface area contributed by atoms with E-state index in [0.717, 1.165) is 5.57 Å². The molecule has 0 aromatic carbocycles. The third-order valence-electron chi connectivity index (χ3n) is 1.75. The quantitative estimate of drug-likeness (QED) is 0.508. The third-order valence-corrected chi connectivity index (χ3v) is 1.75. The molecule has 10 heavy (non-hydrogen) atoms. The number of hydrogen-bond donors (Lipinski definition) is 0. The molecule has 0 radical (unpaired) electrons. The Morgan fingerprint density at radius 1 is 1.70 bits per heavy atom. The number of carbonyl (C=O) groups excluding carboxylic acids is 2. The third kappa shape index (κ3) is 1.15. The molecule has 0 saturated heterocycles. The lowest BCUT2D eigenvalue weighted by Gasteiger charge is -2.00. The monoisotopic (exact) mass is 138 g/mol. The highest BCUT2D eigenvalue weighted by Crippen LogP contribution is 2.21. The summed E-state index contributed by atoms with van der Waals surface area (Å²) in [5, 5.41) is 0. The van der Waals surface area contributed by atoms with Crippen molar-refractivity contribution in [1.29, 1.82) is 0 Å². The van der Waals surface area contributed by atoms with Crippen molar-refractivity contribution in [2.24, 2.45) is 5.92 Å². The van der Waals surface area contributed by atoms with Crippen LogP contribution in [0.25, 0.3) is 0 Å². The van der Waals surface area contributed by atoms with Crippen molar-refractivity contribution in [2.45, 2.75) is 20.3 Å². The van der Waals surface area contributed by atoms with Crippen LogP contribution in [0.2, 0.25) is 0 Å². The van der Waals surface area contributed by atoms with Gasteiger partial charge in [0.05, 0.1) is 5.92 Å². The van der Waals surface area contributed by atoms with Gasteiger partial charge in [-0.15, -0.1) is 0 Å². The predicted octanol–water partition coefficient (Wildman–Crippen LogP) is 1.11. The molecule has 1 rings (SSSR count). The van der Waals surface area contributed by atoms with Crippen molar-refractivity contribution in [3.05, 3.63) is 11.6 Å². The van der Waals surface area contributed by atoms with Gasteiger partial charge < -0.3 is 0 Å². The summed E-state index contributed by atoms with van der Waals surface area (Å²) in [6, 6.07) is 0. The molecule has 0 saturated carbocycles. The summed E-state index contributed by atoms with van der Waals surface area (Å²) in [5.74, 6) is -0.400. The zero-order valence-electron chi connectivity index (χ0n) is 6.18. The van der Waals surface area contributed by atoms with E-state index in [2.05, 4.69) is 0 Å². The van der Waals surface area contributed by atoms with Gasteiger partial charge in [0.1, 0.15) is 5.78 Å². The van der Waals surface area contributed by atoms with Crippen LogP contribution < -0.4 is 0 Å². The fraction of sp³-hybridized carbons (Fsp3) is 0.500. The van der Waals surface area contributed by atoms with Gasteiger partial charge in [0.15, 0.2) is 5.78 Å². The van der Waals surface area contributed by atoms with Gasteiger partial charge in [-0.1, -0.05) is 5.57 Å². The van der Waals surface area contributed by atoms with Crippen molar-refractivity contribution < 1.29 is 9.59 Å². The van der Waals surface area contributed by atoms with E-state index in [0.29, 0.717) is 6.42 Å². The second-order valence-corrected chi connectivity index (χ2v) is 2.76. The first kappa shape index (κ1) is 7.19. The molecule has 1 aliphatic carbocycles. The molecule has 0 bridgehead atoms. The zero-order valence-corrected chi connectivity index (χ0v) is 6.18. The Labute approximate surface area is 59.9 Å². The van der Waals surface area contributed by atoms with Gasteiger partial charge in [-0.3, -0.25) is 9.59 Å². The lowest BCUT2D eigenvalue weighted by atomic mass is 10.0. The van der Waals surface area contributed by atoms with Crippen molar-refractivity contribution in [3.8, 4) is 0 Å². The highest BCUT2D eigenvalue weighted by atomic mass is 16.1. The standard InChI is InChI=1S/C8H10O2/c1-5-3-7(6(2)9)8(10)4-5/h4,7H,3H2,1-2H3. The average molecular weight is 138 g/mol. The number of allylic oxidation sites excluding steroid dienone is 2. The molecule has 0 N–H and O–H groups in total. The highest BCUT2D eigenvalue weighted by molar-refractivity contribution is 6.09. The first-order chi connectivity index (χ1) is 4.61. The zero-order chi connectivity index (χ0) is 7.72. The van der Waals surface area contributed by atoms with Crippen LogP contribution in [0, 0.1) is 5.92 Å². The Morgan fingerprint density at radius 3 is 2.50 bits per heavy atom. The molecule has 0 heterocycles. The number of carbonyl (C=O) groups is 2. The molecule has 0 fully saturated rings. The smallest absolute Gasteiger partial charge is 0.166 e. The largest absolute Gasteiger partial charge is 0.299 e. The van der Waals surface area contributed by atoms with E-state index in [9.17, 15) is 9.59 Å². The fourth-order valence-corrected chi connectivity index (χ4v) is 1.17. The molecular formula is C8H10O2. The maximum atomic E-state index is 10.9. The van der Waals surface area contributed by atoms with Crippen LogP contribution in [-0.2, 0) is 9.59 Å². The van der Waals surface area contributed by atoms with Crippen LogP contribution in [0.4, 0.5) is 0 Å². The molecule has 1 aliphatic rings. The Bertz CT molecular complexity index is 213. The highest BCUT2D eigenvalue weighted by Gasteiger charge is 2.26. The summed E-state index contributed by atoms with van der Waals surface area (Å²) < 4.78 is 0. The van der Waals surface area contributed by atoms with Crippen LogP contribution in [0.5, 0.6) is 0 Å². The number of rotatable bonds is 1. The first-order valence-corrected chi connectivity index (χ1v) is 3.32. The molecule has 1 unspecified atom stereocenters. The van der Waals surface area contributed by atoms with Gasteiger partial charge in [-0.05, 0) is 26.3 Å². The average Bonchev–Trinajstić information content (AvgIpc) is 2.10. The Balaban J connectivity index is 2.73. The Kier molecular flexibility index (Phi) is 1.70. The van der Waals surface area contributed by atoms with E-state index in [1.165, 1.54) is 6.92 Å². The van der Waals surface area contributed by atoms with Crippen LogP contribution >= 0.6 is 0 Å². The normalized spacial score (nSPS) is 24.8. The van der Waals surface area contributed by atoms with Gasteiger partial charge in [-0.25, -0.2) is 0 Å². The predicted molar refractivity (Wildman–Crippen MR) is 37.6 cm³/mol. The number of ketones is 2. The lowest BCUT2D eigenvalue weighted by Crippen LogP contribution is -2.15. The summed E-state index contributed by atoms with van der Waals surface area (Å²) in [4.78, 5) is 21.7. The first-order valence-electron chi connectivity index (χ1n) is 3.32. The summed E-state index contributed by atoms with van der Waals surface area (Å²) in [6.07, 6.45) is 2.19. The van der Waals surface area contributed by atoms with E-state index < -0.39 is 0 Å².